The Kier molecular flexibility index (Phi) is 3.66. The molecule has 0 bridgehead atoms. The van der Waals surface area contributed by atoms with Crippen LogP contribution in [0.1, 0.15) is 12.5 Å². The van der Waals surface area contributed by atoms with Crippen LogP contribution in [-0.2, 0) is 6.54 Å². The number of rotatable bonds is 4. The molecule has 2 aromatic rings. The van der Waals surface area contributed by atoms with Gasteiger partial charge in [0.15, 0.2) is 0 Å². The summed E-state index contributed by atoms with van der Waals surface area (Å²) in [7, 11) is 0. The molecule has 2 aromatic carbocycles. The van der Waals surface area contributed by atoms with Crippen molar-refractivity contribution in [1.82, 2.24) is 0 Å². The van der Waals surface area contributed by atoms with E-state index in [1.54, 1.807) is 6.07 Å². The summed E-state index contributed by atoms with van der Waals surface area (Å²) in [6.07, 6.45) is 0. The molecule has 0 atom stereocenters. The van der Waals surface area contributed by atoms with Crippen LogP contribution in [0.15, 0.2) is 54.6 Å². The van der Waals surface area contributed by atoms with E-state index in [0.29, 0.717) is 5.75 Å². The SMILES string of the molecule is CCN(Cc1ccccc1O)c1ccccc1. The Bertz CT molecular complexity index is 467. The third kappa shape index (κ3) is 2.78. The van der Waals surface area contributed by atoms with E-state index in [0.717, 1.165) is 18.7 Å². The number of aromatic hydroxyl groups is 1. The molecule has 0 radical (unpaired) electrons. The summed E-state index contributed by atoms with van der Waals surface area (Å²) in [4.78, 5) is 2.23. The molecule has 0 unspecified atom stereocenters. The summed E-state index contributed by atoms with van der Waals surface area (Å²) in [5.41, 5.74) is 2.14. The van der Waals surface area contributed by atoms with Gasteiger partial charge < -0.3 is 10.0 Å². The van der Waals surface area contributed by atoms with Crippen LogP contribution in [0, 0.1) is 0 Å². The Labute approximate surface area is 102 Å². The summed E-state index contributed by atoms with van der Waals surface area (Å²) >= 11 is 0. The van der Waals surface area contributed by atoms with E-state index in [4.69, 9.17) is 0 Å². The maximum atomic E-state index is 9.78. The molecule has 0 spiro atoms. The maximum absolute atomic E-state index is 9.78. The summed E-state index contributed by atoms with van der Waals surface area (Å²) < 4.78 is 0. The van der Waals surface area contributed by atoms with Crippen molar-refractivity contribution < 1.29 is 5.11 Å². The standard InChI is InChI=1S/C15H17NO/c1-2-16(14-9-4-3-5-10-14)12-13-8-6-7-11-15(13)17/h3-11,17H,2,12H2,1H3. The molecule has 0 aliphatic rings. The zero-order chi connectivity index (χ0) is 12.1. The lowest BCUT2D eigenvalue weighted by Gasteiger charge is -2.23. The first-order chi connectivity index (χ1) is 8.31. The predicted molar refractivity (Wildman–Crippen MR) is 71.3 cm³/mol. The molecule has 0 aliphatic heterocycles. The molecule has 2 rings (SSSR count). The zero-order valence-electron chi connectivity index (χ0n) is 10.0. The maximum Gasteiger partial charge on any atom is 0.120 e. The van der Waals surface area contributed by atoms with Gasteiger partial charge in [0.05, 0.1) is 0 Å². The fraction of sp³-hybridized carbons (Fsp3) is 0.200. The van der Waals surface area contributed by atoms with Crippen molar-refractivity contribution in [3.8, 4) is 5.75 Å². The van der Waals surface area contributed by atoms with Crippen molar-refractivity contribution in [1.29, 1.82) is 0 Å². The second kappa shape index (κ2) is 5.39. The fourth-order valence-corrected chi connectivity index (χ4v) is 1.87. The van der Waals surface area contributed by atoms with Crippen LogP contribution in [0.25, 0.3) is 0 Å². The van der Waals surface area contributed by atoms with Crippen LogP contribution in [0.2, 0.25) is 0 Å². The van der Waals surface area contributed by atoms with Gasteiger partial charge in [-0.05, 0) is 25.1 Å². The van der Waals surface area contributed by atoms with Gasteiger partial charge in [0.2, 0.25) is 0 Å². The summed E-state index contributed by atoms with van der Waals surface area (Å²) in [5.74, 6) is 0.363. The minimum absolute atomic E-state index is 0.363. The third-order valence-corrected chi connectivity index (χ3v) is 2.86. The first-order valence-corrected chi connectivity index (χ1v) is 5.88. The molecular formula is C15H17NO. The largest absolute Gasteiger partial charge is 0.508 e. The topological polar surface area (TPSA) is 23.5 Å². The van der Waals surface area contributed by atoms with Crippen molar-refractivity contribution in [2.75, 3.05) is 11.4 Å². The van der Waals surface area contributed by atoms with Crippen LogP contribution in [-0.4, -0.2) is 11.7 Å². The molecule has 0 saturated heterocycles. The van der Waals surface area contributed by atoms with Gasteiger partial charge in [-0.25, -0.2) is 0 Å². The molecular weight excluding hydrogens is 210 g/mol. The van der Waals surface area contributed by atoms with Crippen LogP contribution in [0.5, 0.6) is 5.75 Å². The van der Waals surface area contributed by atoms with Crippen LogP contribution >= 0.6 is 0 Å². The van der Waals surface area contributed by atoms with Gasteiger partial charge in [-0.3, -0.25) is 0 Å². The van der Waals surface area contributed by atoms with Crippen molar-refractivity contribution in [2.24, 2.45) is 0 Å². The Morgan fingerprint density at radius 3 is 2.24 bits per heavy atom. The Balaban J connectivity index is 2.19. The van der Waals surface area contributed by atoms with Gasteiger partial charge >= 0.3 is 0 Å². The highest BCUT2D eigenvalue weighted by Crippen LogP contribution is 2.21. The third-order valence-electron chi connectivity index (χ3n) is 2.86. The second-order valence-corrected chi connectivity index (χ2v) is 3.98. The molecule has 0 amide bonds. The summed E-state index contributed by atoms with van der Waals surface area (Å²) in [6, 6.07) is 17.7. The van der Waals surface area contributed by atoms with Gasteiger partial charge in [-0.15, -0.1) is 0 Å². The predicted octanol–water partition coefficient (Wildman–Crippen LogP) is 3.42. The summed E-state index contributed by atoms with van der Waals surface area (Å²) in [5, 5.41) is 9.78. The number of phenols is 1. The number of para-hydroxylation sites is 2. The smallest absolute Gasteiger partial charge is 0.120 e. The number of hydrogen-bond donors (Lipinski definition) is 1. The first kappa shape index (κ1) is 11.5. The van der Waals surface area contributed by atoms with E-state index in [1.165, 1.54) is 5.69 Å². The average molecular weight is 227 g/mol. The number of hydrogen-bond acceptors (Lipinski definition) is 2. The molecule has 0 aliphatic carbocycles. The second-order valence-electron chi connectivity index (χ2n) is 3.98. The highest BCUT2D eigenvalue weighted by Gasteiger charge is 2.07. The van der Waals surface area contributed by atoms with E-state index in [2.05, 4.69) is 24.0 Å². The highest BCUT2D eigenvalue weighted by atomic mass is 16.3. The normalized spacial score (nSPS) is 10.2. The average Bonchev–Trinajstić information content (AvgIpc) is 2.39. The van der Waals surface area contributed by atoms with Crippen molar-refractivity contribution >= 4 is 5.69 Å². The van der Waals surface area contributed by atoms with Crippen LogP contribution in [0.4, 0.5) is 5.69 Å². The molecule has 88 valence electrons. The molecule has 0 fully saturated rings. The molecule has 1 N–H and O–H groups in total. The Morgan fingerprint density at radius 1 is 0.941 bits per heavy atom. The van der Waals surface area contributed by atoms with Crippen LogP contribution < -0.4 is 4.90 Å². The first-order valence-electron chi connectivity index (χ1n) is 5.88. The number of anilines is 1. The molecule has 0 heterocycles. The lowest BCUT2D eigenvalue weighted by molar-refractivity contribution is 0.467. The molecule has 2 heteroatoms. The van der Waals surface area contributed by atoms with Gasteiger partial charge in [0.1, 0.15) is 5.75 Å². The van der Waals surface area contributed by atoms with E-state index in [9.17, 15) is 5.11 Å². The van der Waals surface area contributed by atoms with Gasteiger partial charge in [0.25, 0.3) is 0 Å². The number of phenolic OH excluding ortho intramolecular Hbond substituents is 1. The summed E-state index contributed by atoms with van der Waals surface area (Å²) in [6.45, 7) is 3.76. The molecule has 17 heavy (non-hydrogen) atoms. The van der Waals surface area contributed by atoms with Gasteiger partial charge in [-0.2, -0.15) is 0 Å². The van der Waals surface area contributed by atoms with E-state index in [1.807, 2.05) is 36.4 Å². The van der Waals surface area contributed by atoms with Crippen LogP contribution in [0.3, 0.4) is 0 Å². The van der Waals surface area contributed by atoms with E-state index < -0.39 is 0 Å². The van der Waals surface area contributed by atoms with Crippen molar-refractivity contribution in [2.45, 2.75) is 13.5 Å². The lowest BCUT2D eigenvalue weighted by Crippen LogP contribution is -2.21. The van der Waals surface area contributed by atoms with Crippen molar-refractivity contribution in [3.05, 3.63) is 60.2 Å². The van der Waals surface area contributed by atoms with E-state index >= 15 is 0 Å². The van der Waals surface area contributed by atoms with E-state index in [-0.39, 0.29) is 0 Å². The van der Waals surface area contributed by atoms with Gasteiger partial charge in [0, 0.05) is 24.3 Å². The Hall–Kier alpha value is -1.96. The molecule has 0 saturated carbocycles. The Morgan fingerprint density at radius 2 is 1.59 bits per heavy atom. The quantitative estimate of drug-likeness (QED) is 0.865. The number of nitrogens with zero attached hydrogens (tertiary/aromatic N) is 1. The monoisotopic (exact) mass is 227 g/mol. The van der Waals surface area contributed by atoms with Gasteiger partial charge in [-0.1, -0.05) is 36.4 Å². The molecule has 2 nitrogen and oxygen atoms in total. The highest BCUT2D eigenvalue weighted by molar-refractivity contribution is 5.47. The minimum Gasteiger partial charge on any atom is -0.508 e. The van der Waals surface area contributed by atoms with Crippen molar-refractivity contribution in [3.63, 3.8) is 0 Å². The minimum atomic E-state index is 0.363. The zero-order valence-corrected chi connectivity index (χ0v) is 10.0. The number of benzene rings is 2. The fourth-order valence-electron chi connectivity index (χ4n) is 1.87. The molecule has 0 aromatic heterocycles. The lowest BCUT2D eigenvalue weighted by atomic mass is 10.1.